The Kier molecular flexibility index (Phi) is 9.13. The third kappa shape index (κ3) is 6.40. The number of carbonyl (C=O) groups excluding carboxylic acids is 1. The molecule has 2 aliphatic rings. The lowest BCUT2D eigenvalue weighted by atomic mass is 9.96. The van der Waals surface area contributed by atoms with Gasteiger partial charge in [-0.3, -0.25) is 4.79 Å². The van der Waals surface area contributed by atoms with Gasteiger partial charge in [-0.1, -0.05) is 18.5 Å². The highest BCUT2D eigenvalue weighted by atomic mass is 35.5. The van der Waals surface area contributed by atoms with E-state index in [0.717, 1.165) is 38.4 Å². The number of halogens is 2. The minimum Gasteiger partial charge on any atom is -0.493 e. The highest BCUT2D eigenvalue weighted by Crippen LogP contribution is 2.41. The number of hydrogen-bond donors (Lipinski definition) is 1. The van der Waals surface area contributed by atoms with E-state index in [-0.39, 0.29) is 41.8 Å². The van der Waals surface area contributed by atoms with Gasteiger partial charge in [0.25, 0.3) is 0 Å². The summed E-state index contributed by atoms with van der Waals surface area (Å²) in [5, 5.41) is 10.7. The Hall–Kier alpha value is -2.87. The molecule has 8 nitrogen and oxygen atoms in total. The van der Waals surface area contributed by atoms with E-state index in [1.807, 2.05) is 6.07 Å². The number of amides is 1. The first-order chi connectivity index (χ1) is 18.2. The minimum atomic E-state index is -3.85. The molecule has 1 aliphatic heterocycles. The van der Waals surface area contributed by atoms with E-state index in [9.17, 15) is 17.6 Å². The molecule has 11 heteroatoms. The molecule has 0 aromatic heterocycles. The lowest BCUT2D eigenvalue weighted by Gasteiger charge is -2.35. The normalized spacial score (nSPS) is 22.2. The molecule has 0 radical (unpaired) electrons. The quantitative estimate of drug-likeness (QED) is 0.467. The van der Waals surface area contributed by atoms with Crippen molar-refractivity contribution in [1.82, 2.24) is 10.2 Å². The molecule has 1 heterocycles. The third-order valence-corrected chi connectivity index (χ3v) is 10.1. The fourth-order valence-corrected chi connectivity index (χ4v) is 7.65. The van der Waals surface area contributed by atoms with Crippen LogP contribution in [-0.2, 0) is 14.6 Å². The molecule has 1 amide bonds. The summed E-state index contributed by atoms with van der Waals surface area (Å²) in [5.74, 6) is -1.43. The van der Waals surface area contributed by atoms with Crippen molar-refractivity contribution in [3.8, 4) is 11.8 Å². The van der Waals surface area contributed by atoms with Crippen LogP contribution < -0.4 is 15.0 Å². The maximum Gasteiger partial charge on any atom is 0.224 e. The van der Waals surface area contributed by atoms with Crippen molar-refractivity contribution in [2.75, 3.05) is 50.8 Å². The maximum atomic E-state index is 13.7. The second-order valence-electron chi connectivity index (χ2n) is 9.68. The van der Waals surface area contributed by atoms with E-state index in [2.05, 4.69) is 22.0 Å². The molecule has 1 saturated heterocycles. The monoisotopic (exact) mass is 562 g/mol. The summed E-state index contributed by atoms with van der Waals surface area (Å²) >= 11 is 6.54. The number of hydrogen-bond acceptors (Lipinski definition) is 7. The SMILES string of the molecule is CCN1CCN(c2ccc(S(=O)(=O)[C@H]3C[C@@H](COc4ccc(F)cc4)[C@H](C(=O)NCC#N)C3)c(Cl)c2)CC1. The Labute approximate surface area is 228 Å². The predicted molar refractivity (Wildman–Crippen MR) is 143 cm³/mol. The topological polar surface area (TPSA) is 103 Å². The van der Waals surface area contributed by atoms with Gasteiger partial charge in [0.05, 0.1) is 27.8 Å². The molecule has 0 spiro atoms. The summed E-state index contributed by atoms with van der Waals surface area (Å²) in [7, 11) is -3.85. The molecule has 2 aromatic carbocycles. The summed E-state index contributed by atoms with van der Waals surface area (Å²) in [6, 6.07) is 12.4. The molecule has 2 fully saturated rings. The fraction of sp³-hybridized carbons (Fsp3) is 0.481. The van der Waals surface area contributed by atoms with Crippen LogP contribution in [0, 0.1) is 29.0 Å². The van der Waals surface area contributed by atoms with Crippen molar-refractivity contribution in [3.63, 3.8) is 0 Å². The fourth-order valence-electron chi connectivity index (χ4n) is 5.24. The van der Waals surface area contributed by atoms with Gasteiger partial charge >= 0.3 is 0 Å². The average Bonchev–Trinajstić information content (AvgIpc) is 3.36. The second-order valence-corrected chi connectivity index (χ2v) is 12.3. The molecular weight excluding hydrogens is 531 g/mol. The Morgan fingerprint density at radius 1 is 1.16 bits per heavy atom. The summed E-state index contributed by atoms with van der Waals surface area (Å²) in [4.78, 5) is 17.4. The molecule has 0 bridgehead atoms. The number of nitriles is 1. The van der Waals surface area contributed by atoms with Crippen LogP contribution >= 0.6 is 11.6 Å². The van der Waals surface area contributed by atoms with Crippen LogP contribution in [0.15, 0.2) is 47.4 Å². The van der Waals surface area contributed by atoms with Crippen LogP contribution in [0.1, 0.15) is 19.8 Å². The zero-order valence-electron chi connectivity index (χ0n) is 21.3. The van der Waals surface area contributed by atoms with Gasteiger partial charge < -0.3 is 19.9 Å². The van der Waals surface area contributed by atoms with Crippen LogP contribution in [0.5, 0.6) is 5.75 Å². The van der Waals surface area contributed by atoms with Crippen molar-refractivity contribution in [3.05, 3.63) is 53.3 Å². The number of piperazine rings is 1. The van der Waals surface area contributed by atoms with Crippen molar-refractivity contribution in [1.29, 1.82) is 5.26 Å². The highest BCUT2D eigenvalue weighted by Gasteiger charge is 2.45. The number of likely N-dealkylation sites (N-methyl/N-ethyl adjacent to an activating group) is 1. The average molecular weight is 563 g/mol. The van der Waals surface area contributed by atoms with Gasteiger partial charge in [0.15, 0.2) is 9.84 Å². The lowest BCUT2D eigenvalue weighted by Crippen LogP contribution is -2.46. The van der Waals surface area contributed by atoms with Crippen LogP contribution in [0.3, 0.4) is 0 Å². The van der Waals surface area contributed by atoms with E-state index in [1.54, 1.807) is 18.2 Å². The molecule has 4 rings (SSSR count). The first kappa shape index (κ1) is 28.1. The molecule has 1 aliphatic carbocycles. The maximum absolute atomic E-state index is 13.7. The number of rotatable bonds is 9. The molecule has 0 unspecified atom stereocenters. The highest BCUT2D eigenvalue weighted by molar-refractivity contribution is 7.92. The van der Waals surface area contributed by atoms with Gasteiger partial charge in [0, 0.05) is 43.7 Å². The number of anilines is 1. The largest absolute Gasteiger partial charge is 0.493 e. The molecule has 204 valence electrons. The molecule has 1 saturated carbocycles. The first-order valence-electron chi connectivity index (χ1n) is 12.8. The van der Waals surface area contributed by atoms with Gasteiger partial charge in [-0.15, -0.1) is 0 Å². The zero-order valence-corrected chi connectivity index (χ0v) is 22.8. The van der Waals surface area contributed by atoms with E-state index >= 15 is 0 Å². The number of nitrogens with zero attached hydrogens (tertiary/aromatic N) is 3. The molecule has 38 heavy (non-hydrogen) atoms. The summed E-state index contributed by atoms with van der Waals surface area (Å²) in [6.45, 7) is 6.60. The Balaban J connectivity index is 1.50. The second kappa shape index (κ2) is 12.3. The molecular formula is C27H32ClFN4O4S. The Morgan fingerprint density at radius 2 is 1.87 bits per heavy atom. The van der Waals surface area contributed by atoms with Crippen LogP contribution in [-0.4, -0.2) is 70.4 Å². The Bertz CT molecular complexity index is 1280. The number of carbonyl (C=O) groups is 1. The van der Waals surface area contributed by atoms with E-state index in [4.69, 9.17) is 21.6 Å². The molecule has 1 N–H and O–H groups in total. The van der Waals surface area contributed by atoms with Crippen molar-refractivity contribution in [2.45, 2.75) is 29.9 Å². The smallest absolute Gasteiger partial charge is 0.224 e. The van der Waals surface area contributed by atoms with Gasteiger partial charge in [0.2, 0.25) is 5.91 Å². The van der Waals surface area contributed by atoms with Crippen LogP contribution in [0.4, 0.5) is 10.1 Å². The van der Waals surface area contributed by atoms with Crippen molar-refractivity contribution >= 4 is 33.0 Å². The van der Waals surface area contributed by atoms with Crippen molar-refractivity contribution in [2.24, 2.45) is 11.8 Å². The van der Waals surface area contributed by atoms with Crippen molar-refractivity contribution < 1.29 is 22.3 Å². The lowest BCUT2D eigenvalue weighted by molar-refractivity contribution is -0.126. The number of nitrogens with one attached hydrogen (secondary N) is 1. The zero-order chi connectivity index (χ0) is 27.3. The number of benzene rings is 2. The van der Waals surface area contributed by atoms with Crippen LogP contribution in [0.2, 0.25) is 5.02 Å². The predicted octanol–water partition coefficient (Wildman–Crippen LogP) is 3.51. The van der Waals surface area contributed by atoms with E-state index < -0.39 is 32.7 Å². The standard InChI is InChI=1S/C27H32ClFN4O4S/c1-2-32-11-13-33(14-12-32)21-5-8-26(25(28)16-21)38(35,36)23-15-19(24(17-23)27(34)31-10-9-30)18-37-22-6-3-20(29)4-7-22/h3-8,16,19,23-24H,2,10-15,17-18H2,1H3,(H,31,34)/t19-,23-,24+/m0/s1. The number of ether oxygens (including phenoxy) is 1. The van der Waals surface area contributed by atoms with Gasteiger partial charge in [0.1, 0.15) is 18.1 Å². The van der Waals surface area contributed by atoms with Gasteiger partial charge in [-0.25, -0.2) is 12.8 Å². The summed E-state index contributed by atoms with van der Waals surface area (Å²) < 4.78 is 46.4. The van der Waals surface area contributed by atoms with E-state index in [1.165, 1.54) is 24.3 Å². The summed E-state index contributed by atoms with van der Waals surface area (Å²) in [5.41, 5.74) is 0.885. The minimum absolute atomic E-state index is 0.0522. The van der Waals surface area contributed by atoms with Gasteiger partial charge in [-0.2, -0.15) is 5.26 Å². The van der Waals surface area contributed by atoms with Gasteiger partial charge in [-0.05, 0) is 61.9 Å². The molecule has 2 aromatic rings. The molecule has 3 atom stereocenters. The van der Waals surface area contributed by atoms with E-state index in [0.29, 0.717) is 5.75 Å². The third-order valence-electron chi connectivity index (χ3n) is 7.45. The number of sulfone groups is 1. The first-order valence-corrected chi connectivity index (χ1v) is 14.7. The Morgan fingerprint density at radius 3 is 2.50 bits per heavy atom. The van der Waals surface area contributed by atoms with Crippen LogP contribution in [0.25, 0.3) is 0 Å². The summed E-state index contributed by atoms with van der Waals surface area (Å²) in [6.07, 6.45) is 0.291.